The van der Waals surface area contributed by atoms with E-state index in [0.717, 1.165) is 96.4 Å². The number of hydrogen-bond donors (Lipinski definition) is 1. The first-order chi connectivity index (χ1) is 21.0. The first-order valence-corrected chi connectivity index (χ1v) is 18.3. The van der Waals surface area contributed by atoms with Crippen LogP contribution in [-0.4, -0.2) is 37.5 Å². The molecule has 0 saturated heterocycles. The van der Waals surface area contributed by atoms with Gasteiger partial charge in [-0.1, -0.05) is 66.4 Å². The van der Waals surface area contributed by atoms with Crippen molar-refractivity contribution in [2.24, 2.45) is 56.0 Å². The number of fused-ring (bicyclic) bond motifs is 7. The van der Waals surface area contributed by atoms with E-state index in [1.807, 2.05) is 0 Å². The molecule has 6 heteroatoms. The maximum atomic E-state index is 14.6. The number of ether oxygens (including phenoxy) is 2. The van der Waals surface area contributed by atoms with Crippen LogP contribution in [0.5, 0.6) is 0 Å². The Morgan fingerprint density at radius 2 is 1.53 bits per heavy atom. The Bertz CT molecular complexity index is 1210. The molecule has 0 aliphatic heterocycles. The molecule has 5 aliphatic carbocycles. The number of carbonyl (C=O) groups excluding carboxylic acids is 3. The molecule has 0 heterocycles. The monoisotopic (exact) mass is 625 g/mol. The van der Waals surface area contributed by atoms with E-state index >= 15 is 0 Å². The van der Waals surface area contributed by atoms with Crippen LogP contribution >= 0.6 is 0 Å². The summed E-state index contributed by atoms with van der Waals surface area (Å²) < 4.78 is 11.5. The molecule has 254 valence electrons. The molecule has 9 atom stereocenters. The van der Waals surface area contributed by atoms with Gasteiger partial charge in [0.15, 0.2) is 5.78 Å². The van der Waals surface area contributed by atoms with Gasteiger partial charge in [-0.05, 0) is 124 Å². The number of unbranched alkanes of at least 4 members (excludes halogenated alkanes) is 4. The summed E-state index contributed by atoms with van der Waals surface area (Å²) >= 11 is 0. The Hall–Kier alpha value is -1.69. The summed E-state index contributed by atoms with van der Waals surface area (Å²) in [5.41, 5.74) is 5.93. The van der Waals surface area contributed by atoms with E-state index in [9.17, 15) is 14.4 Å². The van der Waals surface area contributed by atoms with Crippen LogP contribution in [0.15, 0.2) is 11.6 Å². The fourth-order valence-electron chi connectivity index (χ4n) is 12.0. The molecule has 2 N–H and O–H groups in total. The van der Waals surface area contributed by atoms with Crippen LogP contribution in [0.1, 0.15) is 145 Å². The minimum Gasteiger partial charge on any atom is -0.469 e. The van der Waals surface area contributed by atoms with Gasteiger partial charge in [-0.3, -0.25) is 14.4 Å². The summed E-state index contributed by atoms with van der Waals surface area (Å²) in [6.07, 6.45) is 16.3. The number of ketones is 1. The summed E-state index contributed by atoms with van der Waals surface area (Å²) in [5, 5.41) is 0. The molecule has 0 amide bonds. The molecular formula is C39H63NO5. The Morgan fingerprint density at radius 3 is 2.22 bits per heavy atom. The third-order valence-corrected chi connectivity index (χ3v) is 15.1. The second-order valence-corrected chi connectivity index (χ2v) is 17.9. The molecule has 6 nitrogen and oxygen atoms in total. The van der Waals surface area contributed by atoms with Gasteiger partial charge in [0.05, 0.1) is 12.5 Å². The van der Waals surface area contributed by atoms with Crippen molar-refractivity contribution in [2.75, 3.05) is 13.7 Å². The Labute approximate surface area is 273 Å². The first-order valence-electron chi connectivity index (χ1n) is 18.3. The molecule has 4 saturated carbocycles. The smallest absolute Gasteiger partial charge is 0.311 e. The van der Waals surface area contributed by atoms with Gasteiger partial charge in [-0.15, -0.1) is 0 Å². The van der Waals surface area contributed by atoms with Gasteiger partial charge in [-0.25, -0.2) is 0 Å². The molecule has 0 aromatic heterocycles. The Morgan fingerprint density at radius 1 is 0.867 bits per heavy atom. The van der Waals surface area contributed by atoms with E-state index in [-0.39, 0.29) is 57.0 Å². The van der Waals surface area contributed by atoms with Crippen LogP contribution in [-0.2, 0) is 23.9 Å². The van der Waals surface area contributed by atoms with Gasteiger partial charge >= 0.3 is 11.9 Å². The van der Waals surface area contributed by atoms with Gasteiger partial charge in [0.2, 0.25) is 0 Å². The summed E-state index contributed by atoms with van der Waals surface area (Å²) in [6, 6.07) is 0. The topological polar surface area (TPSA) is 95.7 Å². The summed E-state index contributed by atoms with van der Waals surface area (Å²) in [4.78, 5) is 40.6. The van der Waals surface area contributed by atoms with Crippen molar-refractivity contribution in [1.29, 1.82) is 0 Å². The molecule has 4 fully saturated rings. The van der Waals surface area contributed by atoms with E-state index in [1.165, 1.54) is 12.7 Å². The molecule has 0 aromatic rings. The zero-order chi connectivity index (χ0) is 33.1. The maximum absolute atomic E-state index is 14.6. The number of allylic oxidation sites excluding steroid dienone is 2. The van der Waals surface area contributed by atoms with E-state index in [1.54, 1.807) is 0 Å². The van der Waals surface area contributed by atoms with Crippen LogP contribution in [0.2, 0.25) is 0 Å². The van der Waals surface area contributed by atoms with Crippen LogP contribution in [0.3, 0.4) is 0 Å². The molecule has 0 spiro atoms. The third kappa shape index (κ3) is 5.45. The standard InChI is InChI=1S/C39H63NO5/c1-34(2)29-15-18-39(7)32(37(29,5)17-16-30(34)45-31(42)14-12-10-9-11-13-23-40)28(41)24-26-27-25-36(4,33(43)44-8)20-19-35(27,3)21-22-38(26,39)6/h24,27,29-30,32H,9-23,25,40H2,1-8H3/t27-,29-,30-,32+,35+,36-,37-,38+,39+/m0/s1. The second-order valence-electron chi connectivity index (χ2n) is 17.9. The molecule has 5 aliphatic rings. The van der Waals surface area contributed by atoms with Crippen molar-refractivity contribution in [3.05, 3.63) is 11.6 Å². The van der Waals surface area contributed by atoms with Gasteiger partial charge in [0, 0.05) is 17.8 Å². The molecule has 0 unspecified atom stereocenters. The Balaban J connectivity index is 1.38. The third-order valence-electron chi connectivity index (χ3n) is 15.1. The fraction of sp³-hybridized carbons (Fsp3) is 0.872. The van der Waals surface area contributed by atoms with Crippen LogP contribution in [0.4, 0.5) is 0 Å². The van der Waals surface area contributed by atoms with E-state index in [4.69, 9.17) is 15.2 Å². The van der Waals surface area contributed by atoms with Crippen molar-refractivity contribution in [2.45, 2.75) is 151 Å². The lowest BCUT2D eigenvalue weighted by Gasteiger charge is -2.70. The van der Waals surface area contributed by atoms with Crippen molar-refractivity contribution in [3.8, 4) is 0 Å². The SMILES string of the molecule is COC(=O)[C@@]1(C)CC[C@]2(C)CC[C@]3(C)C(=CC(=O)[C@@H]4[C@@]5(C)CC[C@H](OC(=O)CCCCCCCN)C(C)(C)[C@@H]5CC[C@]43C)[C@@H]2C1. The average Bonchev–Trinajstić information content (AvgIpc) is 2.98. The van der Waals surface area contributed by atoms with Crippen molar-refractivity contribution in [3.63, 3.8) is 0 Å². The highest BCUT2D eigenvalue weighted by molar-refractivity contribution is 5.95. The number of hydrogen-bond acceptors (Lipinski definition) is 6. The quantitative estimate of drug-likeness (QED) is 0.204. The van der Waals surface area contributed by atoms with E-state index in [2.05, 4.69) is 54.5 Å². The highest BCUT2D eigenvalue weighted by atomic mass is 16.5. The molecular weight excluding hydrogens is 562 g/mol. The predicted octanol–water partition coefficient (Wildman–Crippen LogP) is 8.35. The number of carbonyl (C=O) groups is 3. The van der Waals surface area contributed by atoms with E-state index in [0.29, 0.717) is 18.1 Å². The minimum absolute atomic E-state index is 0.0538. The largest absolute Gasteiger partial charge is 0.469 e. The fourth-order valence-corrected chi connectivity index (χ4v) is 12.0. The summed E-state index contributed by atoms with van der Waals surface area (Å²) in [5.74, 6) is 0.586. The highest BCUT2D eigenvalue weighted by Crippen LogP contribution is 2.75. The van der Waals surface area contributed by atoms with E-state index < -0.39 is 5.41 Å². The zero-order valence-electron chi connectivity index (χ0n) is 29.8. The van der Waals surface area contributed by atoms with Gasteiger partial charge in [0.1, 0.15) is 6.10 Å². The van der Waals surface area contributed by atoms with Crippen molar-refractivity contribution >= 4 is 17.7 Å². The van der Waals surface area contributed by atoms with Crippen molar-refractivity contribution < 1.29 is 23.9 Å². The number of esters is 2. The minimum atomic E-state index is -0.507. The van der Waals surface area contributed by atoms with Gasteiger partial charge in [0.25, 0.3) is 0 Å². The number of nitrogens with two attached hydrogens (primary N) is 1. The van der Waals surface area contributed by atoms with Crippen LogP contribution < -0.4 is 5.73 Å². The average molecular weight is 626 g/mol. The van der Waals surface area contributed by atoms with Gasteiger partial charge < -0.3 is 15.2 Å². The molecule has 0 aromatic carbocycles. The van der Waals surface area contributed by atoms with Gasteiger partial charge in [-0.2, -0.15) is 0 Å². The normalized spacial score (nSPS) is 43.6. The molecule has 0 bridgehead atoms. The molecule has 0 radical (unpaired) electrons. The second kappa shape index (κ2) is 12.1. The molecule has 5 rings (SSSR count). The zero-order valence-corrected chi connectivity index (χ0v) is 29.8. The van der Waals surface area contributed by atoms with Crippen molar-refractivity contribution in [1.82, 2.24) is 0 Å². The first kappa shape index (κ1) is 34.6. The Kier molecular flexibility index (Phi) is 9.30. The number of rotatable bonds is 9. The van der Waals surface area contributed by atoms with Crippen LogP contribution in [0, 0.1) is 50.2 Å². The lowest BCUT2D eigenvalue weighted by Crippen LogP contribution is -2.66. The van der Waals surface area contributed by atoms with Crippen LogP contribution in [0.25, 0.3) is 0 Å². The highest BCUT2D eigenvalue weighted by Gasteiger charge is 2.70. The summed E-state index contributed by atoms with van der Waals surface area (Å²) in [6.45, 7) is 17.1. The summed E-state index contributed by atoms with van der Waals surface area (Å²) in [7, 11) is 1.50. The predicted molar refractivity (Wildman–Crippen MR) is 178 cm³/mol. The lowest BCUT2D eigenvalue weighted by atomic mass is 9.33. The molecule has 45 heavy (non-hydrogen) atoms. The lowest BCUT2D eigenvalue weighted by molar-refractivity contribution is -0.211. The maximum Gasteiger partial charge on any atom is 0.311 e. The number of methoxy groups -OCH3 is 1.